The van der Waals surface area contributed by atoms with E-state index in [0.29, 0.717) is 6.54 Å². The molecular weight excluding hydrogens is 226 g/mol. The van der Waals surface area contributed by atoms with E-state index in [1.165, 1.54) is 25.9 Å². The second-order valence-corrected chi connectivity index (χ2v) is 4.83. The van der Waals surface area contributed by atoms with E-state index in [1.54, 1.807) is 0 Å². The summed E-state index contributed by atoms with van der Waals surface area (Å²) in [5.74, 6) is 0.919. The van der Waals surface area contributed by atoms with Crippen LogP contribution in [0.3, 0.4) is 0 Å². The zero-order valence-electron chi connectivity index (χ0n) is 10.5. The number of aromatic nitrogens is 3. The second kappa shape index (κ2) is 5.04. The average Bonchev–Trinajstić information content (AvgIpc) is 3.04. The molecule has 96 valence electrons. The maximum atomic E-state index is 5.71. The van der Waals surface area contributed by atoms with Gasteiger partial charge in [0.15, 0.2) is 11.5 Å². The summed E-state index contributed by atoms with van der Waals surface area (Å²) in [5.41, 5.74) is 7.66. The molecule has 0 amide bonds. The molecule has 0 unspecified atom stereocenters. The Hall–Kier alpha value is -1.46. The molecule has 0 saturated carbocycles. The van der Waals surface area contributed by atoms with Gasteiger partial charge in [-0.05, 0) is 32.0 Å². The predicted molar refractivity (Wildman–Crippen MR) is 70.3 cm³/mol. The minimum Gasteiger partial charge on any atom is -0.326 e. The highest BCUT2D eigenvalue weighted by atomic mass is 15.3. The fourth-order valence-electron chi connectivity index (χ4n) is 2.54. The molecule has 0 bridgehead atoms. The third kappa shape index (κ3) is 2.23. The van der Waals surface area contributed by atoms with Gasteiger partial charge in [-0.2, -0.15) is 5.10 Å². The fourth-order valence-corrected chi connectivity index (χ4v) is 2.54. The lowest BCUT2D eigenvalue weighted by Crippen LogP contribution is -2.22. The molecule has 3 rings (SSSR count). The molecule has 5 nitrogen and oxygen atoms in total. The number of rotatable bonds is 4. The highest BCUT2D eigenvalue weighted by Gasteiger charge is 2.13. The number of pyridine rings is 1. The third-order valence-electron chi connectivity index (χ3n) is 3.56. The Kier molecular flexibility index (Phi) is 3.25. The standard InChI is InChI=1S/C13H19N5/c14-10-11-4-3-8-18-13(11)15-12(16-18)5-9-17-6-1-2-7-17/h3-4,8H,1-2,5-7,9-10,14H2. The van der Waals surface area contributed by atoms with E-state index < -0.39 is 0 Å². The van der Waals surface area contributed by atoms with Gasteiger partial charge in [0.05, 0.1) is 0 Å². The molecule has 0 radical (unpaired) electrons. The molecule has 1 aliphatic rings. The Labute approximate surface area is 107 Å². The van der Waals surface area contributed by atoms with Gasteiger partial charge in [0.25, 0.3) is 0 Å². The SMILES string of the molecule is NCc1cccn2nc(CCN3CCCC3)nc12. The van der Waals surface area contributed by atoms with Crippen molar-refractivity contribution >= 4 is 5.65 Å². The number of hydrogen-bond acceptors (Lipinski definition) is 4. The summed E-state index contributed by atoms with van der Waals surface area (Å²) in [4.78, 5) is 7.07. The van der Waals surface area contributed by atoms with Crippen molar-refractivity contribution in [1.29, 1.82) is 0 Å². The Bertz CT molecular complexity index is 527. The maximum absolute atomic E-state index is 5.71. The third-order valence-corrected chi connectivity index (χ3v) is 3.56. The first kappa shape index (κ1) is 11.6. The molecule has 2 aromatic heterocycles. The van der Waals surface area contributed by atoms with Crippen molar-refractivity contribution in [1.82, 2.24) is 19.5 Å². The normalized spacial score (nSPS) is 16.7. The Balaban J connectivity index is 1.76. The molecule has 5 heteroatoms. The number of hydrogen-bond donors (Lipinski definition) is 1. The molecule has 2 N–H and O–H groups in total. The molecule has 3 heterocycles. The Morgan fingerprint density at radius 1 is 1.28 bits per heavy atom. The average molecular weight is 245 g/mol. The van der Waals surface area contributed by atoms with Gasteiger partial charge in [-0.3, -0.25) is 0 Å². The van der Waals surface area contributed by atoms with Gasteiger partial charge in [-0.15, -0.1) is 0 Å². The van der Waals surface area contributed by atoms with Crippen LogP contribution in [-0.2, 0) is 13.0 Å². The number of fused-ring (bicyclic) bond motifs is 1. The summed E-state index contributed by atoms with van der Waals surface area (Å²) in [5, 5.41) is 4.51. The largest absolute Gasteiger partial charge is 0.326 e. The van der Waals surface area contributed by atoms with Crippen LogP contribution in [0.4, 0.5) is 0 Å². The minimum atomic E-state index is 0.509. The van der Waals surface area contributed by atoms with Crippen molar-refractivity contribution in [2.45, 2.75) is 25.8 Å². The molecule has 1 fully saturated rings. The quantitative estimate of drug-likeness (QED) is 0.866. The van der Waals surface area contributed by atoms with Crippen LogP contribution in [0.1, 0.15) is 24.2 Å². The van der Waals surface area contributed by atoms with Gasteiger partial charge in [0, 0.05) is 31.3 Å². The number of nitrogens with two attached hydrogens (primary N) is 1. The first-order chi connectivity index (χ1) is 8.86. The van der Waals surface area contributed by atoms with Crippen molar-refractivity contribution in [3.63, 3.8) is 0 Å². The van der Waals surface area contributed by atoms with Crippen LogP contribution in [0.25, 0.3) is 5.65 Å². The van der Waals surface area contributed by atoms with Gasteiger partial charge in [-0.25, -0.2) is 9.50 Å². The Morgan fingerprint density at radius 2 is 2.11 bits per heavy atom. The van der Waals surface area contributed by atoms with Gasteiger partial charge < -0.3 is 10.6 Å². The zero-order valence-corrected chi connectivity index (χ0v) is 10.5. The fraction of sp³-hybridized carbons (Fsp3) is 0.538. The molecule has 0 spiro atoms. The molecular formula is C13H19N5. The van der Waals surface area contributed by atoms with E-state index in [9.17, 15) is 0 Å². The van der Waals surface area contributed by atoms with Crippen molar-refractivity contribution in [3.8, 4) is 0 Å². The van der Waals surface area contributed by atoms with Gasteiger partial charge in [0.2, 0.25) is 0 Å². The number of likely N-dealkylation sites (tertiary alicyclic amines) is 1. The summed E-state index contributed by atoms with van der Waals surface area (Å²) in [7, 11) is 0. The van der Waals surface area contributed by atoms with Crippen LogP contribution < -0.4 is 5.73 Å². The van der Waals surface area contributed by atoms with Gasteiger partial charge in [0.1, 0.15) is 0 Å². The first-order valence-electron chi connectivity index (χ1n) is 6.62. The summed E-state index contributed by atoms with van der Waals surface area (Å²) >= 11 is 0. The molecule has 0 aromatic carbocycles. The van der Waals surface area contributed by atoms with Crippen molar-refractivity contribution < 1.29 is 0 Å². The zero-order chi connectivity index (χ0) is 12.4. The van der Waals surface area contributed by atoms with Crippen LogP contribution in [0.15, 0.2) is 18.3 Å². The molecule has 18 heavy (non-hydrogen) atoms. The summed E-state index contributed by atoms with van der Waals surface area (Å²) in [6, 6.07) is 3.97. The highest BCUT2D eigenvalue weighted by molar-refractivity contribution is 5.46. The van der Waals surface area contributed by atoms with E-state index in [-0.39, 0.29) is 0 Å². The topological polar surface area (TPSA) is 59.5 Å². The second-order valence-electron chi connectivity index (χ2n) is 4.83. The van der Waals surface area contributed by atoms with E-state index in [4.69, 9.17) is 5.73 Å². The van der Waals surface area contributed by atoms with E-state index in [0.717, 1.165) is 30.0 Å². The molecule has 1 aliphatic heterocycles. The molecule has 1 saturated heterocycles. The van der Waals surface area contributed by atoms with Crippen LogP contribution in [0, 0.1) is 0 Å². The molecule has 0 aliphatic carbocycles. The lowest BCUT2D eigenvalue weighted by Gasteiger charge is -2.12. The van der Waals surface area contributed by atoms with Crippen LogP contribution in [0.5, 0.6) is 0 Å². The molecule has 0 atom stereocenters. The molecule has 2 aromatic rings. The summed E-state index contributed by atoms with van der Waals surface area (Å²) < 4.78 is 1.83. The summed E-state index contributed by atoms with van der Waals surface area (Å²) in [6.45, 7) is 4.02. The monoisotopic (exact) mass is 245 g/mol. The first-order valence-corrected chi connectivity index (χ1v) is 6.62. The summed E-state index contributed by atoms with van der Waals surface area (Å²) in [6.07, 6.45) is 5.51. The van der Waals surface area contributed by atoms with E-state index in [1.807, 2.05) is 22.8 Å². The van der Waals surface area contributed by atoms with Crippen molar-refractivity contribution in [2.75, 3.05) is 19.6 Å². The van der Waals surface area contributed by atoms with Gasteiger partial charge in [-0.1, -0.05) is 6.07 Å². The van der Waals surface area contributed by atoms with Crippen LogP contribution in [0.2, 0.25) is 0 Å². The smallest absolute Gasteiger partial charge is 0.160 e. The number of nitrogens with zero attached hydrogens (tertiary/aromatic N) is 4. The lowest BCUT2D eigenvalue weighted by atomic mass is 10.3. The van der Waals surface area contributed by atoms with E-state index in [2.05, 4.69) is 15.0 Å². The van der Waals surface area contributed by atoms with Crippen molar-refractivity contribution in [3.05, 3.63) is 29.7 Å². The van der Waals surface area contributed by atoms with Gasteiger partial charge >= 0.3 is 0 Å². The van der Waals surface area contributed by atoms with E-state index >= 15 is 0 Å². The van der Waals surface area contributed by atoms with Crippen LogP contribution >= 0.6 is 0 Å². The maximum Gasteiger partial charge on any atom is 0.160 e. The lowest BCUT2D eigenvalue weighted by molar-refractivity contribution is 0.341. The predicted octanol–water partition coefficient (Wildman–Crippen LogP) is 0.826. The Morgan fingerprint density at radius 3 is 2.89 bits per heavy atom. The van der Waals surface area contributed by atoms with Crippen molar-refractivity contribution in [2.24, 2.45) is 5.73 Å². The highest BCUT2D eigenvalue weighted by Crippen LogP contribution is 2.10. The minimum absolute atomic E-state index is 0.509. The van der Waals surface area contributed by atoms with Crippen LogP contribution in [-0.4, -0.2) is 39.1 Å².